The van der Waals surface area contributed by atoms with Crippen LogP contribution in [0, 0.1) is 0 Å². The first-order valence-electron chi connectivity index (χ1n) is 5.55. The second-order valence-electron chi connectivity index (χ2n) is 3.88. The zero-order chi connectivity index (χ0) is 13.0. The molecular formula is C14H13BrClNS. The third-order valence-corrected chi connectivity index (χ3v) is 4.43. The van der Waals surface area contributed by atoms with Crippen LogP contribution in [0.1, 0.15) is 11.1 Å². The minimum absolute atomic E-state index is 0.577. The molecule has 2 aromatic carbocycles. The Morgan fingerprint density at radius 2 is 2.00 bits per heavy atom. The average molecular weight is 343 g/mol. The van der Waals surface area contributed by atoms with Crippen molar-refractivity contribution in [3.05, 3.63) is 63.1 Å². The van der Waals surface area contributed by atoms with E-state index in [1.165, 1.54) is 4.90 Å². The summed E-state index contributed by atoms with van der Waals surface area (Å²) in [5.74, 6) is 0.861. The highest BCUT2D eigenvalue weighted by Gasteiger charge is 2.02. The second kappa shape index (κ2) is 6.62. The maximum Gasteiger partial charge on any atom is 0.0457 e. The van der Waals surface area contributed by atoms with Crippen molar-refractivity contribution in [2.75, 3.05) is 0 Å². The van der Waals surface area contributed by atoms with Crippen molar-refractivity contribution in [1.29, 1.82) is 0 Å². The molecule has 18 heavy (non-hydrogen) atoms. The standard InChI is InChI=1S/C14H13BrClNS/c15-12-5-4-11(14(16)7-12)9-18-13-3-1-2-10(6-13)8-17/h1-7H,8-9,17H2. The molecule has 0 radical (unpaired) electrons. The smallest absolute Gasteiger partial charge is 0.0457 e. The van der Waals surface area contributed by atoms with Crippen LogP contribution >= 0.6 is 39.3 Å². The van der Waals surface area contributed by atoms with Crippen LogP contribution in [-0.2, 0) is 12.3 Å². The quantitative estimate of drug-likeness (QED) is 0.803. The summed E-state index contributed by atoms with van der Waals surface area (Å²) in [6, 6.07) is 14.3. The third-order valence-electron chi connectivity index (χ3n) is 2.54. The minimum atomic E-state index is 0.577. The van der Waals surface area contributed by atoms with Gasteiger partial charge in [-0.1, -0.05) is 45.7 Å². The molecule has 0 atom stereocenters. The van der Waals surface area contributed by atoms with Crippen LogP contribution in [0.4, 0.5) is 0 Å². The summed E-state index contributed by atoms with van der Waals surface area (Å²) >= 11 is 11.4. The normalized spacial score (nSPS) is 10.6. The molecule has 0 fully saturated rings. The van der Waals surface area contributed by atoms with E-state index in [9.17, 15) is 0 Å². The Bertz CT molecular complexity index is 545. The van der Waals surface area contributed by atoms with E-state index in [-0.39, 0.29) is 0 Å². The number of rotatable bonds is 4. The second-order valence-corrected chi connectivity index (χ2v) is 6.25. The average Bonchev–Trinajstić information content (AvgIpc) is 2.38. The molecule has 0 amide bonds. The van der Waals surface area contributed by atoms with Gasteiger partial charge in [0.15, 0.2) is 0 Å². The molecule has 1 nitrogen and oxygen atoms in total. The monoisotopic (exact) mass is 341 g/mol. The van der Waals surface area contributed by atoms with Crippen LogP contribution in [0.2, 0.25) is 5.02 Å². The van der Waals surface area contributed by atoms with Crippen LogP contribution in [0.25, 0.3) is 0 Å². The van der Waals surface area contributed by atoms with Crippen LogP contribution in [0.5, 0.6) is 0 Å². The van der Waals surface area contributed by atoms with Crippen LogP contribution in [0.3, 0.4) is 0 Å². The van der Waals surface area contributed by atoms with Crippen LogP contribution in [0.15, 0.2) is 51.8 Å². The summed E-state index contributed by atoms with van der Waals surface area (Å²) < 4.78 is 1.01. The lowest BCUT2D eigenvalue weighted by Gasteiger charge is -2.06. The maximum atomic E-state index is 6.19. The summed E-state index contributed by atoms with van der Waals surface area (Å²) in [6.45, 7) is 0.577. The molecule has 0 aliphatic carbocycles. The van der Waals surface area contributed by atoms with Crippen LogP contribution in [-0.4, -0.2) is 0 Å². The number of halogens is 2. The molecule has 0 saturated carbocycles. The lowest BCUT2D eigenvalue weighted by molar-refractivity contribution is 1.06. The van der Waals surface area contributed by atoms with Gasteiger partial charge in [0.2, 0.25) is 0 Å². The van der Waals surface area contributed by atoms with Gasteiger partial charge in [0.05, 0.1) is 0 Å². The van der Waals surface area contributed by atoms with Gasteiger partial charge >= 0.3 is 0 Å². The Morgan fingerprint density at radius 3 is 2.72 bits per heavy atom. The van der Waals surface area contributed by atoms with Crippen molar-refractivity contribution in [1.82, 2.24) is 0 Å². The summed E-state index contributed by atoms with van der Waals surface area (Å²) in [6.07, 6.45) is 0. The minimum Gasteiger partial charge on any atom is -0.326 e. The molecule has 0 aliphatic heterocycles. The van der Waals surface area contributed by atoms with E-state index in [1.807, 2.05) is 30.3 Å². The van der Waals surface area contributed by atoms with E-state index >= 15 is 0 Å². The van der Waals surface area contributed by atoms with Gasteiger partial charge in [-0.05, 0) is 35.4 Å². The molecule has 0 saturated heterocycles. The highest BCUT2D eigenvalue weighted by molar-refractivity contribution is 9.10. The number of nitrogens with two attached hydrogens (primary N) is 1. The molecule has 0 unspecified atom stereocenters. The first-order chi connectivity index (χ1) is 8.69. The zero-order valence-electron chi connectivity index (χ0n) is 9.70. The van der Waals surface area contributed by atoms with E-state index in [0.29, 0.717) is 6.54 Å². The van der Waals surface area contributed by atoms with Crippen molar-refractivity contribution in [3.8, 4) is 0 Å². The van der Waals surface area contributed by atoms with E-state index < -0.39 is 0 Å². The Morgan fingerprint density at radius 1 is 1.17 bits per heavy atom. The highest BCUT2D eigenvalue weighted by Crippen LogP contribution is 2.29. The molecule has 0 spiro atoms. The lowest BCUT2D eigenvalue weighted by atomic mass is 10.2. The van der Waals surface area contributed by atoms with E-state index in [1.54, 1.807) is 11.8 Å². The third kappa shape index (κ3) is 3.75. The van der Waals surface area contributed by atoms with E-state index in [2.05, 4.69) is 28.1 Å². The van der Waals surface area contributed by atoms with Crippen molar-refractivity contribution in [2.45, 2.75) is 17.2 Å². The molecule has 0 aromatic heterocycles. The van der Waals surface area contributed by atoms with Crippen molar-refractivity contribution >= 4 is 39.3 Å². The Labute approximate surface area is 125 Å². The first-order valence-corrected chi connectivity index (χ1v) is 7.70. The molecule has 0 aliphatic rings. The Kier molecular flexibility index (Phi) is 5.13. The Hall–Kier alpha value is -0.480. The van der Waals surface area contributed by atoms with Gasteiger partial charge < -0.3 is 5.73 Å². The lowest BCUT2D eigenvalue weighted by Crippen LogP contribution is -1.95. The fourth-order valence-corrected chi connectivity index (χ4v) is 3.36. The van der Waals surface area contributed by atoms with Gasteiger partial charge in [0, 0.05) is 26.7 Å². The summed E-state index contributed by atoms with van der Waals surface area (Å²) in [5.41, 5.74) is 7.93. The Balaban J connectivity index is 2.06. The van der Waals surface area contributed by atoms with Gasteiger partial charge in [-0.25, -0.2) is 0 Å². The summed E-state index contributed by atoms with van der Waals surface area (Å²) in [4.78, 5) is 1.22. The summed E-state index contributed by atoms with van der Waals surface area (Å²) in [5, 5.41) is 0.798. The first kappa shape index (κ1) is 13.9. The van der Waals surface area contributed by atoms with E-state index in [4.69, 9.17) is 17.3 Å². The molecule has 2 aromatic rings. The SMILES string of the molecule is NCc1cccc(SCc2ccc(Br)cc2Cl)c1. The van der Waals surface area contributed by atoms with Crippen molar-refractivity contribution < 1.29 is 0 Å². The van der Waals surface area contributed by atoms with Gasteiger partial charge in [-0.3, -0.25) is 0 Å². The molecule has 0 heterocycles. The molecular weight excluding hydrogens is 330 g/mol. The van der Waals surface area contributed by atoms with Crippen LogP contribution < -0.4 is 5.73 Å². The summed E-state index contributed by atoms with van der Waals surface area (Å²) in [7, 11) is 0. The predicted octanol–water partition coefficient (Wildman–Crippen LogP) is 4.85. The molecule has 94 valence electrons. The number of hydrogen-bond donors (Lipinski definition) is 1. The molecule has 4 heteroatoms. The fraction of sp³-hybridized carbons (Fsp3) is 0.143. The van der Waals surface area contributed by atoms with Gasteiger partial charge in [-0.2, -0.15) is 0 Å². The highest BCUT2D eigenvalue weighted by atomic mass is 79.9. The van der Waals surface area contributed by atoms with Gasteiger partial charge in [0.1, 0.15) is 0 Å². The van der Waals surface area contributed by atoms with Gasteiger partial charge in [-0.15, -0.1) is 11.8 Å². The maximum absolute atomic E-state index is 6.19. The number of hydrogen-bond acceptors (Lipinski definition) is 2. The largest absolute Gasteiger partial charge is 0.326 e. The van der Waals surface area contributed by atoms with Crippen molar-refractivity contribution in [3.63, 3.8) is 0 Å². The van der Waals surface area contributed by atoms with Crippen molar-refractivity contribution in [2.24, 2.45) is 5.73 Å². The molecule has 2 rings (SSSR count). The predicted molar refractivity (Wildman–Crippen MR) is 83.0 cm³/mol. The number of thioether (sulfide) groups is 1. The molecule has 0 bridgehead atoms. The van der Waals surface area contributed by atoms with E-state index in [0.717, 1.165) is 26.4 Å². The number of benzene rings is 2. The molecule has 2 N–H and O–H groups in total. The topological polar surface area (TPSA) is 26.0 Å². The van der Waals surface area contributed by atoms with Gasteiger partial charge in [0.25, 0.3) is 0 Å². The fourth-order valence-electron chi connectivity index (χ4n) is 1.56. The zero-order valence-corrected chi connectivity index (χ0v) is 12.9.